The van der Waals surface area contributed by atoms with Gasteiger partial charge in [0.25, 0.3) is 0 Å². The summed E-state index contributed by atoms with van der Waals surface area (Å²) in [5.74, 6) is 4.54. The van der Waals surface area contributed by atoms with Crippen molar-refractivity contribution < 1.29 is 14.4 Å². The van der Waals surface area contributed by atoms with E-state index < -0.39 is 0 Å². The molecule has 0 bridgehead atoms. The van der Waals surface area contributed by atoms with E-state index >= 15 is 0 Å². The zero-order valence-corrected chi connectivity index (χ0v) is 12.8. The number of hydrogen-bond donors (Lipinski definition) is 2. The zero-order valence-electron chi connectivity index (χ0n) is 12.8. The topological polar surface area (TPSA) is 81.4 Å². The first-order chi connectivity index (χ1) is 9.70. The second kappa shape index (κ2) is 14.3. The van der Waals surface area contributed by atoms with Gasteiger partial charge in [-0.3, -0.25) is 9.59 Å². The second-order valence-electron chi connectivity index (χ2n) is 5.17. The van der Waals surface area contributed by atoms with Crippen molar-refractivity contribution in [2.75, 3.05) is 6.54 Å². The fourth-order valence-electron chi connectivity index (χ4n) is 2.01. The molecule has 0 aromatic rings. The van der Waals surface area contributed by atoms with Crippen molar-refractivity contribution in [3.8, 4) is 0 Å². The molecule has 0 aromatic carbocycles. The zero-order chi connectivity index (χ0) is 15.1. The molecule has 0 atom stereocenters. The molecule has 0 aliphatic carbocycles. The summed E-state index contributed by atoms with van der Waals surface area (Å²) in [5, 5.41) is 2.93. The van der Waals surface area contributed by atoms with Gasteiger partial charge in [-0.05, 0) is 19.3 Å². The third kappa shape index (κ3) is 13.3. The SMILES string of the molecule is CCCCCCCC(=O)NCCCCCCC(=O)ON. The molecule has 0 radical (unpaired) electrons. The highest BCUT2D eigenvalue weighted by molar-refractivity contribution is 5.75. The maximum absolute atomic E-state index is 11.5. The van der Waals surface area contributed by atoms with Crippen LogP contribution in [-0.4, -0.2) is 18.4 Å². The Balaban J connectivity index is 3.21. The van der Waals surface area contributed by atoms with Crippen LogP contribution in [0.25, 0.3) is 0 Å². The molecule has 3 N–H and O–H groups in total. The van der Waals surface area contributed by atoms with E-state index in [1.165, 1.54) is 19.3 Å². The first-order valence-electron chi connectivity index (χ1n) is 7.87. The molecule has 0 aliphatic heterocycles. The molecule has 0 spiro atoms. The number of hydrogen-bond acceptors (Lipinski definition) is 4. The van der Waals surface area contributed by atoms with E-state index in [2.05, 4.69) is 17.1 Å². The van der Waals surface area contributed by atoms with Crippen LogP contribution in [0.3, 0.4) is 0 Å². The van der Waals surface area contributed by atoms with E-state index in [9.17, 15) is 9.59 Å². The Morgan fingerprint density at radius 1 is 0.900 bits per heavy atom. The normalized spacial score (nSPS) is 10.3. The average Bonchev–Trinajstić information content (AvgIpc) is 2.45. The lowest BCUT2D eigenvalue weighted by atomic mass is 10.1. The lowest BCUT2D eigenvalue weighted by Gasteiger charge is -2.05. The minimum atomic E-state index is -0.360. The molecule has 0 unspecified atom stereocenters. The van der Waals surface area contributed by atoms with Crippen LogP contribution in [0.4, 0.5) is 0 Å². The van der Waals surface area contributed by atoms with E-state index in [1.54, 1.807) is 0 Å². The van der Waals surface area contributed by atoms with E-state index in [4.69, 9.17) is 5.90 Å². The van der Waals surface area contributed by atoms with Gasteiger partial charge in [-0.25, -0.2) is 0 Å². The van der Waals surface area contributed by atoms with E-state index in [1.807, 2.05) is 0 Å². The number of carbonyl (C=O) groups is 2. The monoisotopic (exact) mass is 286 g/mol. The number of carbonyl (C=O) groups excluding carboxylic acids is 2. The molecule has 0 aliphatic rings. The molecule has 0 saturated heterocycles. The Morgan fingerprint density at radius 3 is 2.15 bits per heavy atom. The summed E-state index contributed by atoms with van der Waals surface area (Å²) in [6.45, 7) is 2.92. The second-order valence-corrected chi connectivity index (χ2v) is 5.17. The van der Waals surface area contributed by atoms with E-state index in [-0.39, 0.29) is 11.9 Å². The maximum Gasteiger partial charge on any atom is 0.324 e. The summed E-state index contributed by atoms with van der Waals surface area (Å²) in [6.07, 6.45) is 10.6. The Bertz CT molecular complexity index is 258. The Morgan fingerprint density at radius 2 is 1.50 bits per heavy atom. The van der Waals surface area contributed by atoms with Gasteiger partial charge >= 0.3 is 5.97 Å². The molecular weight excluding hydrogens is 256 g/mol. The van der Waals surface area contributed by atoms with Crippen LogP contribution >= 0.6 is 0 Å². The Labute approximate surface area is 122 Å². The lowest BCUT2D eigenvalue weighted by molar-refractivity contribution is -0.144. The van der Waals surface area contributed by atoms with Crippen LogP contribution in [0.15, 0.2) is 0 Å². The van der Waals surface area contributed by atoms with Crippen LogP contribution < -0.4 is 11.2 Å². The summed E-state index contributed by atoms with van der Waals surface area (Å²) in [4.78, 5) is 26.3. The van der Waals surface area contributed by atoms with Crippen molar-refractivity contribution >= 4 is 11.9 Å². The predicted octanol–water partition coefficient (Wildman–Crippen LogP) is 2.83. The van der Waals surface area contributed by atoms with Gasteiger partial charge in [-0.15, -0.1) is 0 Å². The fourth-order valence-corrected chi connectivity index (χ4v) is 2.01. The van der Waals surface area contributed by atoms with Crippen LogP contribution in [0.1, 0.15) is 77.6 Å². The quantitative estimate of drug-likeness (QED) is 0.403. The largest absolute Gasteiger partial charge is 0.373 e. The molecule has 5 nitrogen and oxygen atoms in total. The van der Waals surface area contributed by atoms with Crippen molar-refractivity contribution in [1.82, 2.24) is 5.32 Å². The smallest absolute Gasteiger partial charge is 0.324 e. The highest BCUT2D eigenvalue weighted by Crippen LogP contribution is 2.05. The number of nitrogens with one attached hydrogen (secondary N) is 1. The first-order valence-corrected chi connectivity index (χ1v) is 7.87. The molecule has 0 heterocycles. The minimum absolute atomic E-state index is 0.160. The van der Waals surface area contributed by atoms with Crippen LogP contribution in [-0.2, 0) is 14.4 Å². The first kappa shape index (κ1) is 18.9. The molecule has 0 rings (SSSR count). The van der Waals surface area contributed by atoms with Crippen LogP contribution in [0.2, 0.25) is 0 Å². The highest BCUT2D eigenvalue weighted by atomic mass is 16.7. The van der Waals surface area contributed by atoms with Gasteiger partial charge in [0.1, 0.15) is 0 Å². The van der Waals surface area contributed by atoms with Crippen LogP contribution in [0, 0.1) is 0 Å². The van der Waals surface area contributed by atoms with Crippen molar-refractivity contribution in [3.63, 3.8) is 0 Å². The molecule has 0 aromatic heterocycles. The Kier molecular flexibility index (Phi) is 13.5. The van der Waals surface area contributed by atoms with Gasteiger partial charge in [-0.2, -0.15) is 5.90 Å². The molecular formula is C15H30N2O3. The van der Waals surface area contributed by atoms with Crippen molar-refractivity contribution in [1.29, 1.82) is 0 Å². The number of unbranched alkanes of at least 4 members (excludes halogenated alkanes) is 7. The number of rotatable bonds is 13. The summed E-state index contributed by atoms with van der Waals surface area (Å²) in [7, 11) is 0. The van der Waals surface area contributed by atoms with Crippen molar-refractivity contribution in [2.24, 2.45) is 5.90 Å². The lowest BCUT2D eigenvalue weighted by Crippen LogP contribution is -2.23. The van der Waals surface area contributed by atoms with Gasteiger partial charge in [0.15, 0.2) is 0 Å². The molecule has 5 heteroatoms. The van der Waals surface area contributed by atoms with Gasteiger partial charge < -0.3 is 10.2 Å². The third-order valence-corrected chi connectivity index (χ3v) is 3.27. The number of amides is 1. The minimum Gasteiger partial charge on any atom is -0.373 e. The Hall–Kier alpha value is -1.10. The highest BCUT2D eigenvalue weighted by Gasteiger charge is 2.01. The maximum atomic E-state index is 11.5. The van der Waals surface area contributed by atoms with Gasteiger partial charge in [-0.1, -0.05) is 45.4 Å². The summed E-state index contributed by atoms with van der Waals surface area (Å²) in [6, 6.07) is 0. The van der Waals surface area contributed by atoms with Crippen LogP contribution in [0.5, 0.6) is 0 Å². The van der Waals surface area contributed by atoms with Gasteiger partial charge in [0, 0.05) is 19.4 Å². The molecule has 1 amide bonds. The molecule has 0 fully saturated rings. The van der Waals surface area contributed by atoms with Crippen molar-refractivity contribution in [2.45, 2.75) is 77.6 Å². The summed E-state index contributed by atoms with van der Waals surface area (Å²) >= 11 is 0. The molecule has 20 heavy (non-hydrogen) atoms. The fraction of sp³-hybridized carbons (Fsp3) is 0.867. The standard InChI is InChI=1S/C15H30N2O3/c1-2-3-4-5-8-11-14(18)17-13-10-7-6-9-12-15(19)20-16/h2-13,16H2,1H3,(H,17,18). The summed E-state index contributed by atoms with van der Waals surface area (Å²) < 4.78 is 0. The van der Waals surface area contributed by atoms with E-state index in [0.29, 0.717) is 12.8 Å². The van der Waals surface area contributed by atoms with Crippen molar-refractivity contribution in [3.05, 3.63) is 0 Å². The van der Waals surface area contributed by atoms with E-state index in [0.717, 1.165) is 45.1 Å². The third-order valence-electron chi connectivity index (χ3n) is 3.27. The van der Waals surface area contributed by atoms with Gasteiger partial charge in [0.05, 0.1) is 0 Å². The predicted molar refractivity (Wildman–Crippen MR) is 79.8 cm³/mol. The summed E-state index contributed by atoms with van der Waals surface area (Å²) in [5.41, 5.74) is 0. The van der Waals surface area contributed by atoms with Gasteiger partial charge in [0.2, 0.25) is 5.91 Å². The molecule has 118 valence electrons. The average molecular weight is 286 g/mol. The number of nitrogens with two attached hydrogens (primary N) is 1. The molecule has 0 saturated carbocycles.